The molecule has 0 atom stereocenters. The van der Waals surface area contributed by atoms with Gasteiger partial charge < -0.3 is 4.74 Å². The van der Waals surface area contributed by atoms with Crippen molar-refractivity contribution in [3.63, 3.8) is 0 Å². The highest BCUT2D eigenvalue weighted by Crippen LogP contribution is 2.33. The van der Waals surface area contributed by atoms with Crippen LogP contribution in [0.25, 0.3) is 0 Å². The van der Waals surface area contributed by atoms with Crippen LogP contribution in [-0.4, -0.2) is 32.4 Å². The van der Waals surface area contributed by atoms with Gasteiger partial charge in [-0.15, -0.1) is 6.42 Å². The molecular weight excluding hydrogens is 356 g/mol. The number of hydrogen-bond donors (Lipinski definition) is 1. The number of alkyl carbamates (subject to hydrolysis) is 1. The third kappa shape index (κ3) is 4.47. The van der Waals surface area contributed by atoms with Gasteiger partial charge in [0.05, 0.1) is 26.9 Å². The molecule has 1 aromatic carbocycles. The Kier molecular flexibility index (Phi) is 5.54. The maximum Gasteiger partial charge on any atom is 0.415 e. The van der Waals surface area contributed by atoms with Gasteiger partial charge in [0.2, 0.25) is 0 Å². The second kappa shape index (κ2) is 7.21. The van der Waals surface area contributed by atoms with Gasteiger partial charge in [-0.1, -0.05) is 5.92 Å². The largest absolute Gasteiger partial charge is 0.430 e. The fourth-order valence-electron chi connectivity index (χ4n) is 1.67. The number of carbonyl (C=O) groups excluding carboxylic acids is 2. The van der Waals surface area contributed by atoms with Gasteiger partial charge in [0.25, 0.3) is 23.0 Å². The number of carbonyl (C=O) groups is 2. The fourth-order valence-corrected chi connectivity index (χ4v) is 1.67. The van der Waals surface area contributed by atoms with E-state index in [0.29, 0.717) is 12.1 Å². The van der Waals surface area contributed by atoms with E-state index in [-0.39, 0.29) is 0 Å². The molecule has 0 aromatic heterocycles. The lowest BCUT2D eigenvalue weighted by Crippen LogP contribution is -2.37. The topological polar surface area (TPSA) is 185 Å². The standard InChI is InChI=1S/C13H10N4O9/c1-4-13(2,3)26-12(19)14-11(18)10-8(16(22)23)5-7(15(20)21)6-9(10)17(24)25/h1,5-6H,2-3H3,(H,14,18,19). The molecule has 0 aliphatic heterocycles. The minimum atomic E-state index is -1.56. The molecule has 13 heteroatoms. The highest BCUT2D eigenvalue weighted by atomic mass is 16.6. The molecule has 1 aromatic rings. The summed E-state index contributed by atoms with van der Waals surface area (Å²) in [6.07, 6.45) is 3.67. The number of amides is 2. The van der Waals surface area contributed by atoms with Crippen molar-refractivity contribution in [2.75, 3.05) is 0 Å². The quantitative estimate of drug-likeness (QED) is 0.459. The van der Waals surface area contributed by atoms with E-state index in [9.17, 15) is 39.9 Å². The highest BCUT2D eigenvalue weighted by Gasteiger charge is 2.36. The van der Waals surface area contributed by atoms with E-state index in [4.69, 9.17) is 6.42 Å². The van der Waals surface area contributed by atoms with Gasteiger partial charge in [0, 0.05) is 0 Å². The zero-order valence-electron chi connectivity index (χ0n) is 13.2. The predicted molar refractivity (Wildman–Crippen MR) is 83.3 cm³/mol. The molecule has 0 unspecified atom stereocenters. The van der Waals surface area contributed by atoms with E-state index in [1.165, 1.54) is 13.8 Å². The first-order valence-electron chi connectivity index (χ1n) is 6.53. The molecule has 0 saturated carbocycles. The van der Waals surface area contributed by atoms with E-state index >= 15 is 0 Å². The van der Waals surface area contributed by atoms with Gasteiger partial charge in [0.1, 0.15) is 0 Å². The summed E-state index contributed by atoms with van der Waals surface area (Å²) in [5, 5.41) is 34.5. The molecule has 0 fully saturated rings. The van der Waals surface area contributed by atoms with Crippen molar-refractivity contribution in [3.05, 3.63) is 48.0 Å². The summed E-state index contributed by atoms with van der Waals surface area (Å²) < 4.78 is 4.69. The zero-order chi connectivity index (χ0) is 20.2. The fraction of sp³-hybridized carbons (Fsp3) is 0.231. The van der Waals surface area contributed by atoms with Crippen molar-refractivity contribution in [2.45, 2.75) is 19.4 Å². The van der Waals surface area contributed by atoms with Crippen LogP contribution >= 0.6 is 0 Å². The van der Waals surface area contributed by atoms with E-state index < -0.39 is 55.0 Å². The number of benzene rings is 1. The van der Waals surface area contributed by atoms with E-state index in [0.717, 1.165) is 0 Å². The molecule has 0 spiro atoms. The maximum absolute atomic E-state index is 12.1. The van der Waals surface area contributed by atoms with Crippen molar-refractivity contribution in [1.29, 1.82) is 0 Å². The van der Waals surface area contributed by atoms with Crippen molar-refractivity contribution < 1.29 is 29.1 Å². The second-order valence-corrected chi connectivity index (χ2v) is 5.13. The Morgan fingerprint density at radius 3 is 1.88 bits per heavy atom. The third-order valence-corrected chi connectivity index (χ3v) is 2.82. The number of rotatable bonds is 5. The molecule has 2 amide bonds. The molecule has 1 N–H and O–H groups in total. The summed E-state index contributed by atoms with van der Waals surface area (Å²) in [6, 6.07) is 0.719. The number of hydrogen-bond acceptors (Lipinski definition) is 9. The van der Waals surface area contributed by atoms with Gasteiger partial charge >= 0.3 is 6.09 Å². The van der Waals surface area contributed by atoms with Crippen LogP contribution in [0.3, 0.4) is 0 Å². The Morgan fingerprint density at radius 1 is 1.08 bits per heavy atom. The van der Waals surface area contributed by atoms with E-state index in [2.05, 4.69) is 10.7 Å². The van der Waals surface area contributed by atoms with Crippen LogP contribution < -0.4 is 5.32 Å². The number of nitrogens with one attached hydrogen (secondary N) is 1. The van der Waals surface area contributed by atoms with Crippen LogP contribution in [0.5, 0.6) is 0 Å². The highest BCUT2D eigenvalue weighted by molar-refractivity contribution is 6.08. The monoisotopic (exact) mass is 366 g/mol. The molecule has 0 aliphatic rings. The molecule has 0 aliphatic carbocycles. The average Bonchev–Trinajstić information content (AvgIpc) is 2.52. The summed E-state index contributed by atoms with van der Waals surface area (Å²) in [5.74, 6) is 0.519. The van der Waals surface area contributed by atoms with Crippen molar-refractivity contribution in [1.82, 2.24) is 5.32 Å². The van der Waals surface area contributed by atoms with Crippen molar-refractivity contribution >= 4 is 29.1 Å². The molecule has 13 nitrogen and oxygen atoms in total. The van der Waals surface area contributed by atoms with Gasteiger partial charge in [-0.25, -0.2) is 4.79 Å². The second-order valence-electron chi connectivity index (χ2n) is 5.13. The zero-order valence-corrected chi connectivity index (χ0v) is 13.2. The molecule has 0 radical (unpaired) electrons. The number of terminal acetylenes is 1. The smallest absolute Gasteiger partial charge is 0.415 e. The summed E-state index contributed by atoms with van der Waals surface area (Å²) >= 11 is 0. The maximum atomic E-state index is 12.1. The normalized spacial score (nSPS) is 10.3. The minimum Gasteiger partial charge on any atom is -0.430 e. The van der Waals surface area contributed by atoms with Crippen LogP contribution in [0.15, 0.2) is 12.1 Å². The number of ether oxygens (including phenoxy) is 1. The SMILES string of the molecule is C#CC(C)(C)OC(=O)NC(=O)c1c([N+](=O)[O-])cc([N+](=O)[O-])cc1[N+](=O)[O-]. The van der Waals surface area contributed by atoms with Crippen LogP contribution in [0.4, 0.5) is 21.9 Å². The summed E-state index contributed by atoms with van der Waals surface area (Å²) in [6.45, 7) is 2.60. The Labute approximate surface area is 144 Å². The van der Waals surface area contributed by atoms with Gasteiger partial charge in [-0.2, -0.15) is 0 Å². The lowest BCUT2D eigenvalue weighted by molar-refractivity contribution is -0.403. The number of imide groups is 1. The molecule has 0 saturated heterocycles. The van der Waals surface area contributed by atoms with Crippen LogP contribution in [-0.2, 0) is 4.74 Å². The lowest BCUT2D eigenvalue weighted by atomic mass is 10.1. The van der Waals surface area contributed by atoms with E-state index in [1.54, 1.807) is 5.32 Å². The Morgan fingerprint density at radius 2 is 1.54 bits per heavy atom. The number of non-ortho nitro benzene ring substituents is 1. The van der Waals surface area contributed by atoms with Crippen LogP contribution in [0.2, 0.25) is 0 Å². The minimum absolute atomic E-state index is 0.360. The average molecular weight is 366 g/mol. The molecule has 0 bridgehead atoms. The molecule has 1 rings (SSSR count). The third-order valence-electron chi connectivity index (χ3n) is 2.82. The molecule has 0 heterocycles. The van der Waals surface area contributed by atoms with Crippen molar-refractivity contribution in [2.24, 2.45) is 0 Å². The molecular formula is C13H10N4O9. The lowest BCUT2D eigenvalue weighted by Gasteiger charge is -2.18. The number of nitro benzene ring substituents is 3. The summed E-state index contributed by atoms with van der Waals surface area (Å²) in [7, 11) is 0. The van der Waals surface area contributed by atoms with Gasteiger partial charge in [-0.3, -0.25) is 40.5 Å². The Balaban J connectivity index is 3.42. The first-order valence-corrected chi connectivity index (χ1v) is 6.53. The van der Waals surface area contributed by atoms with E-state index in [1.807, 2.05) is 0 Å². The molecule has 136 valence electrons. The first-order chi connectivity index (χ1) is 11.9. The Hall–Kier alpha value is -4.08. The summed E-state index contributed by atoms with van der Waals surface area (Å²) in [4.78, 5) is 53.1. The predicted octanol–water partition coefficient (Wildman–Crippen LogP) is 1.69. The van der Waals surface area contributed by atoms with Gasteiger partial charge in [0.15, 0.2) is 11.2 Å². The van der Waals surface area contributed by atoms with Crippen LogP contribution in [0, 0.1) is 42.7 Å². The molecule has 26 heavy (non-hydrogen) atoms. The Bertz CT molecular complexity index is 834. The summed E-state index contributed by atoms with van der Waals surface area (Å²) in [5.41, 5.74) is -6.02. The number of nitro groups is 3. The van der Waals surface area contributed by atoms with Gasteiger partial charge in [-0.05, 0) is 13.8 Å². The first kappa shape index (κ1) is 20.0. The number of nitrogens with zero attached hydrogens (tertiary/aromatic N) is 3. The van der Waals surface area contributed by atoms with Crippen molar-refractivity contribution in [3.8, 4) is 12.3 Å². The van der Waals surface area contributed by atoms with Crippen LogP contribution in [0.1, 0.15) is 24.2 Å².